The molecule has 2 aromatic heterocycles. The molecule has 0 saturated carbocycles. The molecule has 4 rings (SSSR count). The summed E-state index contributed by atoms with van der Waals surface area (Å²) in [6, 6.07) is 7.47. The zero-order chi connectivity index (χ0) is 20.8. The molecule has 0 aliphatic carbocycles. The number of nitrogens with one attached hydrogen (secondary N) is 3. The number of anilines is 4. The summed E-state index contributed by atoms with van der Waals surface area (Å²) in [6.45, 7) is 2.35. The molecule has 0 unspecified atom stereocenters. The van der Waals surface area contributed by atoms with Crippen LogP contribution in [-0.2, 0) is 6.42 Å². The van der Waals surface area contributed by atoms with Crippen LogP contribution in [0.3, 0.4) is 0 Å². The van der Waals surface area contributed by atoms with E-state index in [2.05, 4.69) is 46.8 Å². The van der Waals surface area contributed by atoms with Gasteiger partial charge in [-0.05, 0) is 47.0 Å². The lowest BCUT2D eigenvalue weighted by molar-refractivity contribution is 0.222. The van der Waals surface area contributed by atoms with Crippen molar-refractivity contribution in [3.8, 4) is 0 Å². The third kappa shape index (κ3) is 5.45. The zero-order valence-corrected chi connectivity index (χ0v) is 18.7. The first-order valence-electron chi connectivity index (χ1n) is 9.74. The summed E-state index contributed by atoms with van der Waals surface area (Å²) in [7, 11) is 0. The summed E-state index contributed by atoms with van der Waals surface area (Å²) in [6.07, 6.45) is 4.66. The molecule has 0 atom stereocenters. The molecule has 0 spiro atoms. The fourth-order valence-corrected chi connectivity index (χ4v) is 4.07. The van der Waals surface area contributed by atoms with Crippen molar-refractivity contribution in [1.29, 1.82) is 0 Å². The van der Waals surface area contributed by atoms with Gasteiger partial charge in [0.1, 0.15) is 5.82 Å². The van der Waals surface area contributed by atoms with E-state index < -0.39 is 0 Å². The molecular weight excluding hydrogens is 466 g/mol. The molecule has 1 aliphatic heterocycles. The molecule has 30 heavy (non-hydrogen) atoms. The lowest BCUT2D eigenvalue weighted by Gasteiger charge is -2.16. The van der Waals surface area contributed by atoms with E-state index in [0.29, 0.717) is 11.8 Å². The van der Waals surface area contributed by atoms with Gasteiger partial charge in [0.2, 0.25) is 5.95 Å². The SMILES string of the molecule is O=C(Nc1cccc(Nc2ncc(Br)c(NCCc3cscn3)n2)c1)N1CCCC1. The van der Waals surface area contributed by atoms with Crippen LogP contribution < -0.4 is 16.0 Å². The maximum atomic E-state index is 12.3. The van der Waals surface area contributed by atoms with Crippen LogP contribution in [0.4, 0.5) is 27.9 Å². The second-order valence-electron chi connectivity index (χ2n) is 6.88. The number of hydrogen-bond donors (Lipinski definition) is 3. The first-order chi connectivity index (χ1) is 14.7. The summed E-state index contributed by atoms with van der Waals surface area (Å²) >= 11 is 5.08. The number of aromatic nitrogens is 3. The Hall–Kier alpha value is -2.72. The number of likely N-dealkylation sites (tertiary alicyclic amines) is 1. The van der Waals surface area contributed by atoms with Gasteiger partial charge in [-0.2, -0.15) is 4.98 Å². The minimum Gasteiger partial charge on any atom is -0.369 e. The van der Waals surface area contributed by atoms with Crippen LogP contribution >= 0.6 is 27.3 Å². The van der Waals surface area contributed by atoms with Crippen LogP contribution in [0.5, 0.6) is 0 Å². The number of hydrogen-bond acceptors (Lipinski definition) is 7. The third-order valence-electron chi connectivity index (χ3n) is 4.66. The third-order valence-corrected chi connectivity index (χ3v) is 5.88. The lowest BCUT2D eigenvalue weighted by Crippen LogP contribution is -2.32. The van der Waals surface area contributed by atoms with Crippen molar-refractivity contribution >= 4 is 56.4 Å². The van der Waals surface area contributed by atoms with Crippen LogP contribution in [0, 0.1) is 0 Å². The number of thiazole rings is 1. The smallest absolute Gasteiger partial charge is 0.321 e. The van der Waals surface area contributed by atoms with Crippen LogP contribution in [0.25, 0.3) is 0 Å². The summed E-state index contributed by atoms with van der Waals surface area (Å²) in [4.78, 5) is 27.3. The Balaban J connectivity index is 1.38. The monoisotopic (exact) mass is 487 g/mol. The highest BCUT2D eigenvalue weighted by Gasteiger charge is 2.17. The largest absolute Gasteiger partial charge is 0.369 e. The van der Waals surface area contributed by atoms with E-state index in [1.54, 1.807) is 17.5 Å². The minimum atomic E-state index is -0.0591. The van der Waals surface area contributed by atoms with Gasteiger partial charge in [0, 0.05) is 49.0 Å². The van der Waals surface area contributed by atoms with Gasteiger partial charge in [0.25, 0.3) is 0 Å². The lowest BCUT2D eigenvalue weighted by atomic mass is 10.3. The highest BCUT2D eigenvalue weighted by Crippen LogP contribution is 2.23. The summed E-state index contributed by atoms with van der Waals surface area (Å²) in [5.41, 5.74) is 4.42. The van der Waals surface area contributed by atoms with Gasteiger partial charge in [-0.25, -0.2) is 14.8 Å². The molecule has 2 amide bonds. The predicted molar refractivity (Wildman–Crippen MR) is 124 cm³/mol. The second-order valence-corrected chi connectivity index (χ2v) is 8.45. The van der Waals surface area contributed by atoms with E-state index in [9.17, 15) is 4.79 Å². The molecule has 156 valence electrons. The minimum absolute atomic E-state index is 0.0591. The Morgan fingerprint density at radius 1 is 1.20 bits per heavy atom. The standard InChI is InChI=1S/C20H22BrN7OS/c21-17-11-23-19(27-18(17)22-7-6-16-12-30-13-24-16)25-14-4-3-5-15(10-14)26-20(29)28-8-1-2-9-28/h3-5,10-13H,1-2,6-9H2,(H,26,29)(H2,22,23,25,27). The van der Waals surface area contributed by atoms with E-state index in [1.807, 2.05) is 40.1 Å². The molecule has 0 bridgehead atoms. The zero-order valence-electron chi connectivity index (χ0n) is 16.3. The Bertz CT molecular complexity index is 993. The Morgan fingerprint density at radius 2 is 2.03 bits per heavy atom. The topological polar surface area (TPSA) is 95.1 Å². The van der Waals surface area contributed by atoms with Gasteiger partial charge >= 0.3 is 6.03 Å². The van der Waals surface area contributed by atoms with Gasteiger partial charge in [-0.3, -0.25) is 0 Å². The maximum Gasteiger partial charge on any atom is 0.321 e. The number of carbonyl (C=O) groups excluding carboxylic acids is 1. The van der Waals surface area contributed by atoms with Gasteiger partial charge in [0.05, 0.1) is 15.7 Å². The molecule has 1 aliphatic rings. The van der Waals surface area contributed by atoms with Crippen molar-refractivity contribution in [3.05, 3.63) is 51.5 Å². The fourth-order valence-electron chi connectivity index (χ4n) is 3.15. The normalized spacial score (nSPS) is 13.3. The van der Waals surface area contributed by atoms with Crippen LogP contribution in [-0.4, -0.2) is 45.5 Å². The Labute approximate surface area is 187 Å². The van der Waals surface area contributed by atoms with E-state index in [0.717, 1.165) is 60.4 Å². The van der Waals surface area contributed by atoms with Crippen molar-refractivity contribution in [3.63, 3.8) is 0 Å². The van der Waals surface area contributed by atoms with Crippen molar-refractivity contribution in [2.24, 2.45) is 0 Å². The first-order valence-corrected chi connectivity index (χ1v) is 11.5. The van der Waals surface area contributed by atoms with Crippen LogP contribution in [0.1, 0.15) is 18.5 Å². The Kier molecular flexibility index (Phi) is 6.75. The van der Waals surface area contributed by atoms with Gasteiger partial charge in [0.15, 0.2) is 0 Å². The number of amides is 2. The molecule has 10 heteroatoms. The van der Waals surface area contributed by atoms with E-state index in [4.69, 9.17) is 0 Å². The molecule has 3 N–H and O–H groups in total. The summed E-state index contributed by atoms with van der Waals surface area (Å²) < 4.78 is 0.790. The molecule has 8 nitrogen and oxygen atoms in total. The highest BCUT2D eigenvalue weighted by atomic mass is 79.9. The Morgan fingerprint density at radius 3 is 2.83 bits per heavy atom. The average molecular weight is 488 g/mol. The van der Waals surface area contributed by atoms with Crippen molar-refractivity contribution < 1.29 is 4.79 Å². The highest BCUT2D eigenvalue weighted by molar-refractivity contribution is 9.10. The summed E-state index contributed by atoms with van der Waals surface area (Å²) in [5, 5.41) is 11.5. The molecule has 3 aromatic rings. The van der Waals surface area contributed by atoms with E-state index in [-0.39, 0.29) is 6.03 Å². The number of rotatable bonds is 7. The average Bonchev–Trinajstić information content (AvgIpc) is 3.45. The first kappa shape index (κ1) is 20.5. The van der Waals surface area contributed by atoms with Crippen molar-refractivity contribution in [2.45, 2.75) is 19.3 Å². The fraction of sp³-hybridized carbons (Fsp3) is 0.300. The predicted octanol–water partition coefficient (Wildman–Crippen LogP) is 4.72. The van der Waals surface area contributed by atoms with Crippen molar-refractivity contribution in [2.75, 3.05) is 35.6 Å². The number of urea groups is 1. The second kappa shape index (κ2) is 9.86. The molecule has 1 saturated heterocycles. The van der Waals surface area contributed by atoms with Crippen LogP contribution in [0.2, 0.25) is 0 Å². The number of halogens is 1. The molecular formula is C20H22BrN7OS. The molecule has 3 heterocycles. The maximum absolute atomic E-state index is 12.3. The van der Waals surface area contributed by atoms with Crippen LogP contribution in [0.15, 0.2) is 45.8 Å². The van der Waals surface area contributed by atoms with E-state index in [1.165, 1.54) is 0 Å². The number of carbonyl (C=O) groups is 1. The number of benzene rings is 1. The quantitative estimate of drug-likeness (QED) is 0.446. The van der Waals surface area contributed by atoms with Gasteiger partial charge < -0.3 is 20.9 Å². The summed E-state index contributed by atoms with van der Waals surface area (Å²) in [5.74, 6) is 1.18. The van der Waals surface area contributed by atoms with E-state index >= 15 is 0 Å². The molecule has 1 aromatic carbocycles. The van der Waals surface area contributed by atoms with Gasteiger partial charge in [-0.1, -0.05) is 6.07 Å². The number of nitrogens with zero attached hydrogens (tertiary/aromatic N) is 4. The van der Waals surface area contributed by atoms with Crippen molar-refractivity contribution in [1.82, 2.24) is 19.9 Å². The van der Waals surface area contributed by atoms with Gasteiger partial charge in [-0.15, -0.1) is 11.3 Å². The molecule has 0 radical (unpaired) electrons. The molecule has 1 fully saturated rings.